The molecule has 100 valence electrons. The number of benzene rings is 1. The molecule has 1 atom stereocenters. The maximum atomic E-state index is 6.10. The van der Waals surface area contributed by atoms with E-state index in [4.69, 9.17) is 17.3 Å². The Morgan fingerprint density at radius 2 is 1.95 bits per heavy atom. The molecular weight excluding hydrogens is 278 g/mol. The highest BCUT2D eigenvalue weighted by molar-refractivity contribution is 7.98. The first-order valence-electron chi connectivity index (χ1n) is 6.08. The number of nitrogens with two attached hydrogens (primary N) is 1. The number of rotatable bonds is 5. The molecule has 0 saturated heterocycles. The number of halogens is 1. The van der Waals surface area contributed by atoms with Crippen LogP contribution in [-0.2, 0) is 12.2 Å². The minimum absolute atomic E-state index is 0.130. The van der Waals surface area contributed by atoms with Gasteiger partial charge in [0.15, 0.2) is 5.16 Å². The Labute approximate surface area is 122 Å². The monoisotopic (exact) mass is 293 g/mol. The van der Waals surface area contributed by atoms with Crippen molar-refractivity contribution in [2.75, 3.05) is 0 Å². The zero-order chi connectivity index (χ0) is 13.7. The van der Waals surface area contributed by atoms with Gasteiger partial charge in [0.2, 0.25) is 0 Å². The third kappa shape index (κ3) is 4.49. The summed E-state index contributed by atoms with van der Waals surface area (Å²) in [6.07, 6.45) is 4.48. The minimum Gasteiger partial charge on any atom is -0.328 e. The normalized spacial score (nSPS) is 12.4. The van der Waals surface area contributed by atoms with E-state index in [1.54, 1.807) is 11.8 Å². The maximum absolute atomic E-state index is 6.10. The lowest BCUT2D eigenvalue weighted by Gasteiger charge is -2.05. The molecule has 5 heteroatoms. The van der Waals surface area contributed by atoms with Crippen molar-refractivity contribution in [1.29, 1.82) is 0 Å². The fourth-order valence-electron chi connectivity index (χ4n) is 1.65. The lowest BCUT2D eigenvalue weighted by atomic mass is 10.1. The molecule has 0 bridgehead atoms. The molecule has 0 fully saturated rings. The van der Waals surface area contributed by atoms with Crippen LogP contribution in [0, 0.1) is 0 Å². The van der Waals surface area contributed by atoms with Crippen LogP contribution in [0.15, 0.2) is 41.8 Å². The van der Waals surface area contributed by atoms with Crippen molar-refractivity contribution >= 4 is 23.4 Å². The van der Waals surface area contributed by atoms with Crippen LogP contribution >= 0.6 is 23.4 Å². The second-order valence-corrected chi connectivity index (χ2v) is 5.79. The summed E-state index contributed by atoms with van der Waals surface area (Å²) in [4.78, 5) is 8.66. The second kappa shape index (κ2) is 6.89. The highest BCUT2D eigenvalue weighted by atomic mass is 35.5. The first kappa shape index (κ1) is 14.3. The summed E-state index contributed by atoms with van der Waals surface area (Å²) >= 11 is 7.68. The van der Waals surface area contributed by atoms with E-state index < -0.39 is 0 Å². The SMILES string of the molecule is CC(N)Cc1cnc(SCc2ccccc2Cl)nc1. The van der Waals surface area contributed by atoms with E-state index in [0.717, 1.165) is 33.5 Å². The third-order valence-corrected chi connectivity index (χ3v) is 3.85. The Morgan fingerprint density at radius 1 is 1.26 bits per heavy atom. The third-order valence-electron chi connectivity index (χ3n) is 2.55. The molecule has 1 unspecified atom stereocenters. The summed E-state index contributed by atoms with van der Waals surface area (Å²) in [5.74, 6) is 0.770. The highest BCUT2D eigenvalue weighted by Gasteiger charge is 2.04. The van der Waals surface area contributed by atoms with Gasteiger partial charge in [-0.05, 0) is 30.5 Å². The molecule has 3 nitrogen and oxygen atoms in total. The van der Waals surface area contributed by atoms with E-state index in [-0.39, 0.29) is 6.04 Å². The van der Waals surface area contributed by atoms with Crippen LogP contribution in [0.4, 0.5) is 0 Å². The Kier molecular flexibility index (Phi) is 5.19. The van der Waals surface area contributed by atoms with Gasteiger partial charge in [0.05, 0.1) is 0 Å². The van der Waals surface area contributed by atoms with Gasteiger partial charge in [0.1, 0.15) is 0 Å². The van der Waals surface area contributed by atoms with Crippen LogP contribution < -0.4 is 5.73 Å². The quantitative estimate of drug-likeness (QED) is 0.679. The van der Waals surface area contributed by atoms with Gasteiger partial charge in [-0.3, -0.25) is 0 Å². The fraction of sp³-hybridized carbons (Fsp3) is 0.286. The number of nitrogens with zero attached hydrogens (tertiary/aromatic N) is 2. The lowest BCUT2D eigenvalue weighted by molar-refractivity contribution is 0.727. The van der Waals surface area contributed by atoms with Gasteiger partial charge in [0, 0.05) is 29.2 Å². The average molecular weight is 294 g/mol. The van der Waals surface area contributed by atoms with E-state index >= 15 is 0 Å². The Morgan fingerprint density at radius 3 is 2.58 bits per heavy atom. The maximum Gasteiger partial charge on any atom is 0.187 e. The Balaban J connectivity index is 1.95. The van der Waals surface area contributed by atoms with Gasteiger partial charge < -0.3 is 5.73 Å². The topological polar surface area (TPSA) is 51.8 Å². The van der Waals surface area contributed by atoms with Crippen molar-refractivity contribution in [2.45, 2.75) is 30.3 Å². The first-order valence-corrected chi connectivity index (χ1v) is 7.44. The molecule has 1 heterocycles. The van der Waals surface area contributed by atoms with Gasteiger partial charge in [-0.25, -0.2) is 9.97 Å². The van der Waals surface area contributed by atoms with Crippen LogP contribution in [0.1, 0.15) is 18.1 Å². The van der Waals surface area contributed by atoms with Gasteiger partial charge in [-0.15, -0.1) is 0 Å². The summed E-state index contributed by atoms with van der Waals surface area (Å²) in [6, 6.07) is 7.94. The molecule has 0 spiro atoms. The molecule has 2 aromatic rings. The van der Waals surface area contributed by atoms with Crippen molar-refractivity contribution in [3.63, 3.8) is 0 Å². The lowest BCUT2D eigenvalue weighted by Crippen LogP contribution is -2.17. The molecular formula is C14H16ClN3S. The molecule has 2 N–H and O–H groups in total. The summed E-state index contributed by atoms with van der Waals surface area (Å²) in [7, 11) is 0. The fourth-order valence-corrected chi connectivity index (χ4v) is 2.73. The van der Waals surface area contributed by atoms with Gasteiger partial charge in [-0.2, -0.15) is 0 Å². The molecule has 0 amide bonds. The number of aromatic nitrogens is 2. The van der Waals surface area contributed by atoms with E-state index in [9.17, 15) is 0 Å². The molecule has 19 heavy (non-hydrogen) atoms. The minimum atomic E-state index is 0.130. The Hall–Kier alpha value is -1.10. The molecule has 1 aromatic carbocycles. The van der Waals surface area contributed by atoms with E-state index in [1.807, 2.05) is 43.6 Å². The molecule has 0 saturated carbocycles. The van der Waals surface area contributed by atoms with Gasteiger partial charge in [0.25, 0.3) is 0 Å². The number of hydrogen-bond acceptors (Lipinski definition) is 4. The molecule has 0 radical (unpaired) electrons. The van der Waals surface area contributed by atoms with Gasteiger partial charge >= 0.3 is 0 Å². The number of thioether (sulfide) groups is 1. The molecule has 0 aliphatic rings. The van der Waals surface area contributed by atoms with E-state index in [2.05, 4.69) is 9.97 Å². The van der Waals surface area contributed by atoms with Crippen LogP contribution in [0.25, 0.3) is 0 Å². The molecule has 2 rings (SSSR count). The van der Waals surface area contributed by atoms with E-state index in [1.165, 1.54) is 0 Å². The van der Waals surface area contributed by atoms with E-state index in [0.29, 0.717) is 0 Å². The summed E-state index contributed by atoms with van der Waals surface area (Å²) in [5.41, 5.74) is 7.90. The molecule has 0 aliphatic carbocycles. The molecule has 1 aromatic heterocycles. The van der Waals surface area contributed by atoms with Crippen molar-refractivity contribution < 1.29 is 0 Å². The van der Waals surface area contributed by atoms with Crippen molar-refractivity contribution in [2.24, 2.45) is 5.73 Å². The number of hydrogen-bond donors (Lipinski definition) is 1. The van der Waals surface area contributed by atoms with Crippen molar-refractivity contribution in [3.8, 4) is 0 Å². The predicted molar refractivity (Wildman–Crippen MR) is 80.4 cm³/mol. The smallest absolute Gasteiger partial charge is 0.187 e. The molecule has 0 aliphatic heterocycles. The summed E-state index contributed by atoms with van der Waals surface area (Å²) in [5, 5.41) is 1.54. The average Bonchev–Trinajstić information content (AvgIpc) is 2.39. The standard InChI is InChI=1S/C14H16ClN3S/c1-10(16)6-11-7-17-14(18-8-11)19-9-12-4-2-3-5-13(12)15/h2-5,7-8,10H,6,9,16H2,1H3. The van der Waals surface area contributed by atoms with Crippen LogP contribution in [-0.4, -0.2) is 16.0 Å². The van der Waals surface area contributed by atoms with Crippen molar-refractivity contribution in [3.05, 3.63) is 52.8 Å². The van der Waals surface area contributed by atoms with Crippen LogP contribution in [0.3, 0.4) is 0 Å². The largest absolute Gasteiger partial charge is 0.328 e. The van der Waals surface area contributed by atoms with Crippen LogP contribution in [0.5, 0.6) is 0 Å². The summed E-state index contributed by atoms with van der Waals surface area (Å²) in [6.45, 7) is 1.97. The van der Waals surface area contributed by atoms with Crippen molar-refractivity contribution in [1.82, 2.24) is 9.97 Å². The summed E-state index contributed by atoms with van der Waals surface area (Å²) < 4.78 is 0. The highest BCUT2D eigenvalue weighted by Crippen LogP contribution is 2.24. The predicted octanol–water partition coefficient (Wildman–Crippen LogP) is 3.31. The first-order chi connectivity index (χ1) is 9.15. The Bertz CT molecular complexity index is 528. The second-order valence-electron chi connectivity index (χ2n) is 4.44. The van der Waals surface area contributed by atoms with Gasteiger partial charge in [-0.1, -0.05) is 41.6 Å². The zero-order valence-electron chi connectivity index (χ0n) is 10.7. The zero-order valence-corrected chi connectivity index (χ0v) is 12.3. The van der Waals surface area contributed by atoms with Crippen LogP contribution in [0.2, 0.25) is 5.02 Å².